The molecule has 0 unspecified atom stereocenters. The van der Waals surface area contributed by atoms with E-state index < -0.39 is 0 Å². The molecule has 0 radical (unpaired) electrons. The first-order valence-corrected chi connectivity index (χ1v) is 12.7. The molecule has 2 amide bonds. The van der Waals surface area contributed by atoms with Crippen LogP contribution in [0, 0.1) is 0 Å². The van der Waals surface area contributed by atoms with E-state index in [2.05, 4.69) is 46.0 Å². The molecule has 4 nitrogen and oxygen atoms in total. The zero-order valence-corrected chi connectivity index (χ0v) is 21.3. The van der Waals surface area contributed by atoms with E-state index in [1.807, 2.05) is 71.6 Å². The number of nitrogens with zero attached hydrogens (tertiary/aromatic N) is 1. The number of amides is 2. The van der Waals surface area contributed by atoms with Crippen molar-refractivity contribution < 1.29 is 9.59 Å². The lowest BCUT2D eigenvalue weighted by Crippen LogP contribution is -2.29. The van der Waals surface area contributed by atoms with Crippen molar-refractivity contribution >= 4 is 35.0 Å². The molecule has 176 valence electrons. The van der Waals surface area contributed by atoms with Gasteiger partial charge >= 0.3 is 0 Å². The molecule has 3 aromatic carbocycles. The molecule has 0 saturated carbocycles. The summed E-state index contributed by atoms with van der Waals surface area (Å²) in [5, 5.41) is 2.89. The van der Waals surface area contributed by atoms with Crippen LogP contribution in [-0.4, -0.2) is 17.6 Å². The predicted molar refractivity (Wildman–Crippen MR) is 143 cm³/mol. The summed E-state index contributed by atoms with van der Waals surface area (Å²) in [6.45, 7) is 10.8. The Morgan fingerprint density at radius 1 is 1.00 bits per heavy atom. The molecule has 0 aromatic heterocycles. The van der Waals surface area contributed by atoms with Crippen LogP contribution in [0.4, 0.5) is 11.4 Å². The van der Waals surface area contributed by atoms with Gasteiger partial charge in [-0.2, -0.15) is 0 Å². The minimum absolute atomic E-state index is 0.0415. The van der Waals surface area contributed by atoms with Gasteiger partial charge in [-0.15, -0.1) is 11.8 Å². The normalized spacial score (nSPS) is 16.2. The largest absolute Gasteiger partial charge is 0.322 e. The highest BCUT2D eigenvalue weighted by atomic mass is 32.2. The Morgan fingerprint density at radius 2 is 1.71 bits per heavy atom. The number of carbonyl (C=O) groups is 2. The highest BCUT2D eigenvalue weighted by Crippen LogP contribution is 2.44. The quantitative estimate of drug-likeness (QED) is 0.429. The standard InChI is InChI=1S/C29H32N2O2S/c1-19(2)24-11-6-7-12-25(24)31-26(32)18-34-28(31)21-9-8-10-23(17-21)30-27(33)20-13-15-22(16-14-20)29(3,4)5/h6-17,19,28H,18H2,1-5H3,(H,30,33)/t28-/m1/s1. The number of anilines is 2. The van der Waals surface area contributed by atoms with Gasteiger partial charge < -0.3 is 5.32 Å². The van der Waals surface area contributed by atoms with Gasteiger partial charge in [0.15, 0.2) is 0 Å². The first-order chi connectivity index (χ1) is 16.1. The van der Waals surface area contributed by atoms with E-state index in [4.69, 9.17) is 0 Å². The first kappa shape index (κ1) is 24.1. The summed E-state index contributed by atoms with van der Waals surface area (Å²) in [6, 6.07) is 23.7. The lowest BCUT2D eigenvalue weighted by molar-refractivity contribution is -0.115. The molecular weight excluding hydrogens is 440 g/mol. The van der Waals surface area contributed by atoms with E-state index in [0.29, 0.717) is 17.2 Å². The molecule has 1 saturated heterocycles. The number of carbonyl (C=O) groups excluding carboxylic acids is 2. The van der Waals surface area contributed by atoms with Gasteiger partial charge in [-0.1, -0.05) is 77.1 Å². The third kappa shape index (κ3) is 5.05. The first-order valence-electron chi connectivity index (χ1n) is 11.7. The Bertz CT molecular complexity index is 1200. The van der Waals surface area contributed by atoms with Crippen LogP contribution in [0.1, 0.15) is 73.0 Å². The molecule has 1 heterocycles. The number of hydrogen-bond donors (Lipinski definition) is 1. The minimum Gasteiger partial charge on any atom is -0.322 e. The average Bonchev–Trinajstić information content (AvgIpc) is 3.20. The molecule has 5 heteroatoms. The fraction of sp³-hybridized carbons (Fsp3) is 0.310. The van der Waals surface area contributed by atoms with Crippen LogP contribution >= 0.6 is 11.8 Å². The van der Waals surface area contributed by atoms with Crippen LogP contribution in [0.3, 0.4) is 0 Å². The van der Waals surface area contributed by atoms with E-state index in [9.17, 15) is 9.59 Å². The average molecular weight is 473 g/mol. The van der Waals surface area contributed by atoms with Crippen molar-refractivity contribution in [3.63, 3.8) is 0 Å². The number of para-hydroxylation sites is 1. The van der Waals surface area contributed by atoms with Gasteiger partial charge in [-0.3, -0.25) is 14.5 Å². The maximum absolute atomic E-state index is 12.9. The topological polar surface area (TPSA) is 49.4 Å². The third-order valence-corrected chi connectivity index (χ3v) is 7.34. The summed E-state index contributed by atoms with van der Waals surface area (Å²) >= 11 is 1.62. The molecule has 4 rings (SSSR count). The van der Waals surface area contributed by atoms with Gasteiger partial charge in [0.25, 0.3) is 5.91 Å². The maximum atomic E-state index is 12.9. The van der Waals surface area contributed by atoms with Crippen LogP contribution in [-0.2, 0) is 10.2 Å². The highest BCUT2D eigenvalue weighted by molar-refractivity contribution is 8.00. The second-order valence-corrected chi connectivity index (χ2v) is 11.1. The second-order valence-electron chi connectivity index (χ2n) is 10.0. The highest BCUT2D eigenvalue weighted by Gasteiger charge is 2.35. The van der Waals surface area contributed by atoms with E-state index in [0.717, 1.165) is 22.5 Å². The Labute approximate surface area is 206 Å². The smallest absolute Gasteiger partial charge is 0.255 e. The molecule has 1 aliphatic rings. The summed E-state index contributed by atoms with van der Waals surface area (Å²) in [5.41, 5.74) is 5.69. The fourth-order valence-corrected chi connectivity index (χ4v) is 5.38. The zero-order valence-electron chi connectivity index (χ0n) is 20.5. The molecule has 1 N–H and O–H groups in total. The summed E-state index contributed by atoms with van der Waals surface area (Å²) in [4.78, 5) is 27.7. The summed E-state index contributed by atoms with van der Waals surface area (Å²) < 4.78 is 0. The van der Waals surface area contributed by atoms with Crippen LogP contribution in [0.15, 0.2) is 72.8 Å². The lowest BCUT2D eigenvalue weighted by Gasteiger charge is -2.28. The second kappa shape index (κ2) is 9.67. The molecule has 1 fully saturated rings. The molecule has 0 spiro atoms. The molecular formula is C29H32N2O2S. The number of benzene rings is 3. The monoisotopic (exact) mass is 472 g/mol. The van der Waals surface area contributed by atoms with E-state index in [1.54, 1.807) is 11.8 Å². The van der Waals surface area contributed by atoms with Crippen LogP contribution < -0.4 is 10.2 Å². The van der Waals surface area contributed by atoms with Gasteiger partial charge in [0.1, 0.15) is 5.37 Å². The molecule has 34 heavy (non-hydrogen) atoms. The van der Waals surface area contributed by atoms with Crippen molar-refractivity contribution in [2.45, 2.75) is 51.3 Å². The Hall–Kier alpha value is -3.05. The number of rotatable bonds is 5. The van der Waals surface area contributed by atoms with E-state index >= 15 is 0 Å². The maximum Gasteiger partial charge on any atom is 0.255 e. The van der Waals surface area contributed by atoms with Crippen LogP contribution in [0.5, 0.6) is 0 Å². The van der Waals surface area contributed by atoms with Gasteiger partial charge in [-0.25, -0.2) is 0 Å². The SMILES string of the molecule is CC(C)c1ccccc1N1C(=O)CS[C@@H]1c1cccc(NC(=O)c2ccc(C(C)(C)C)cc2)c1. The summed E-state index contributed by atoms with van der Waals surface area (Å²) in [5.74, 6) is 0.713. The summed E-state index contributed by atoms with van der Waals surface area (Å²) in [6.07, 6.45) is 0. The molecule has 1 atom stereocenters. The molecule has 0 aliphatic carbocycles. The van der Waals surface area contributed by atoms with Crippen molar-refractivity contribution in [2.75, 3.05) is 16.0 Å². The zero-order chi connectivity index (χ0) is 24.5. The molecule has 3 aromatic rings. The van der Waals surface area contributed by atoms with E-state index in [1.165, 1.54) is 5.56 Å². The number of nitrogens with one attached hydrogen (secondary N) is 1. The molecule has 0 bridgehead atoms. The van der Waals surface area contributed by atoms with Crippen molar-refractivity contribution in [1.29, 1.82) is 0 Å². The minimum atomic E-state index is -0.144. The Kier molecular flexibility index (Phi) is 6.85. The third-order valence-electron chi connectivity index (χ3n) is 6.13. The van der Waals surface area contributed by atoms with Crippen molar-refractivity contribution in [2.24, 2.45) is 0 Å². The Balaban J connectivity index is 1.57. The van der Waals surface area contributed by atoms with Gasteiger partial charge in [0.05, 0.1) is 5.75 Å². The van der Waals surface area contributed by atoms with Crippen molar-refractivity contribution in [3.05, 3.63) is 95.1 Å². The van der Waals surface area contributed by atoms with Gasteiger partial charge in [-0.05, 0) is 58.4 Å². The van der Waals surface area contributed by atoms with Gasteiger partial charge in [0.2, 0.25) is 5.91 Å². The van der Waals surface area contributed by atoms with Crippen LogP contribution in [0.25, 0.3) is 0 Å². The van der Waals surface area contributed by atoms with Crippen molar-refractivity contribution in [1.82, 2.24) is 0 Å². The number of thioether (sulfide) groups is 1. The fourth-order valence-electron chi connectivity index (χ4n) is 4.22. The predicted octanol–water partition coefficient (Wildman–Crippen LogP) is 7.14. The summed E-state index contributed by atoms with van der Waals surface area (Å²) in [7, 11) is 0. The van der Waals surface area contributed by atoms with Crippen LogP contribution in [0.2, 0.25) is 0 Å². The molecule has 1 aliphatic heterocycles. The number of hydrogen-bond acceptors (Lipinski definition) is 3. The van der Waals surface area contributed by atoms with E-state index in [-0.39, 0.29) is 22.6 Å². The van der Waals surface area contributed by atoms with Gasteiger partial charge in [0, 0.05) is 16.9 Å². The lowest BCUT2D eigenvalue weighted by atomic mass is 9.87. The Morgan fingerprint density at radius 3 is 2.38 bits per heavy atom. The van der Waals surface area contributed by atoms with Crippen molar-refractivity contribution in [3.8, 4) is 0 Å².